The van der Waals surface area contributed by atoms with Crippen LogP contribution in [0.1, 0.15) is 32.8 Å². The zero-order chi connectivity index (χ0) is 16.2. The van der Waals surface area contributed by atoms with E-state index >= 15 is 0 Å². The Morgan fingerprint density at radius 1 is 1.55 bits per heavy atom. The monoisotopic (exact) mass is 326 g/mol. The lowest BCUT2D eigenvalue weighted by Gasteiger charge is -2.20. The third-order valence-electron chi connectivity index (χ3n) is 3.41. The van der Waals surface area contributed by atoms with E-state index in [4.69, 9.17) is 4.74 Å². The van der Waals surface area contributed by atoms with E-state index in [1.807, 2.05) is 39.6 Å². The molecule has 0 aromatic carbocycles. The maximum absolute atomic E-state index is 11.9. The van der Waals surface area contributed by atoms with Gasteiger partial charge in [0.1, 0.15) is 11.4 Å². The fourth-order valence-corrected chi connectivity index (χ4v) is 3.61. The molecule has 1 fully saturated rings. The molecule has 0 aliphatic carbocycles. The fraction of sp³-hybridized carbons (Fsp3) is 0.733. The summed E-state index contributed by atoms with van der Waals surface area (Å²) in [7, 11) is 1.81. The number of amides is 1. The second kappa shape index (κ2) is 7.37. The van der Waals surface area contributed by atoms with E-state index in [2.05, 4.69) is 15.7 Å². The summed E-state index contributed by atoms with van der Waals surface area (Å²) in [6.07, 6.45) is 2.61. The van der Waals surface area contributed by atoms with Gasteiger partial charge in [0.05, 0.1) is 6.20 Å². The SMILES string of the molecule is Cn1ncc(CNCC2CCSC2)c1NC(=O)OC(C)(C)C. The van der Waals surface area contributed by atoms with Crippen LogP contribution in [0.4, 0.5) is 10.6 Å². The van der Waals surface area contributed by atoms with Gasteiger partial charge in [-0.2, -0.15) is 16.9 Å². The van der Waals surface area contributed by atoms with Crippen LogP contribution in [-0.2, 0) is 18.3 Å². The van der Waals surface area contributed by atoms with E-state index in [1.54, 1.807) is 10.9 Å². The van der Waals surface area contributed by atoms with Gasteiger partial charge in [-0.05, 0) is 51.2 Å². The van der Waals surface area contributed by atoms with Gasteiger partial charge in [0.2, 0.25) is 0 Å². The van der Waals surface area contributed by atoms with Crippen molar-refractivity contribution in [1.29, 1.82) is 0 Å². The van der Waals surface area contributed by atoms with Crippen LogP contribution in [0.3, 0.4) is 0 Å². The fourth-order valence-electron chi connectivity index (χ4n) is 2.33. The molecule has 0 bridgehead atoms. The van der Waals surface area contributed by atoms with Crippen molar-refractivity contribution in [3.63, 3.8) is 0 Å². The number of nitrogens with one attached hydrogen (secondary N) is 2. The van der Waals surface area contributed by atoms with Crippen molar-refractivity contribution in [1.82, 2.24) is 15.1 Å². The molecule has 2 N–H and O–H groups in total. The quantitative estimate of drug-likeness (QED) is 0.870. The van der Waals surface area contributed by atoms with Crippen LogP contribution in [0.5, 0.6) is 0 Å². The molecule has 1 aliphatic rings. The number of nitrogens with zero attached hydrogens (tertiary/aromatic N) is 2. The molecule has 1 aliphatic heterocycles. The number of anilines is 1. The Labute approximate surface area is 136 Å². The van der Waals surface area contributed by atoms with Gasteiger partial charge in [-0.1, -0.05) is 0 Å². The van der Waals surface area contributed by atoms with Gasteiger partial charge < -0.3 is 10.1 Å². The molecular formula is C15H26N4O2S. The summed E-state index contributed by atoms with van der Waals surface area (Å²) in [5.74, 6) is 3.94. The third kappa shape index (κ3) is 5.21. The van der Waals surface area contributed by atoms with Crippen LogP contribution >= 0.6 is 11.8 Å². The number of ether oxygens (including phenoxy) is 1. The first-order valence-corrected chi connectivity index (χ1v) is 8.80. The van der Waals surface area contributed by atoms with Gasteiger partial charge >= 0.3 is 6.09 Å². The molecule has 1 atom stereocenters. The molecule has 1 amide bonds. The molecule has 1 aromatic rings. The Morgan fingerprint density at radius 3 is 2.95 bits per heavy atom. The van der Waals surface area contributed by atoms with E-state index < -0.39 is 11.7 Å². The van der Waals surface area contributed by atoms with Gasteiger partial charge in [0.25, 0.3) is 0 Å². The molecule has 0 spiro atoms. The zero-order valence-electron chi connectivity index (χ0n) is 13.8. The van der Waals surface area contributed by atoms with Gasteiger partial charge in [0, 0.05) is 19.2 Å². The number of hydrogen-bond acceptors (Lipinski definition) is 5. The van der Waals surface area contributed by atoms with Crippen molar-refractivity contribution >= 4 is 23.7 Å². The molecule has 7 heteroatoms. The summed E-state index contributed by atoms with van der Waals surface area (Å²) in [6, 6.07) is 0. The minimum absolute atomic E-state index is 0.454. The average molecular weight is 326 g/mol. The van der Waals surface area contributed by atoms with Crippen LogP contribution in [-0.4, -0.2) is 39.5 Å². The maximum atomic E-state index is 11.9. The molecule has 1 aromatic heterocycles. The molecule has 1 unspecified atom stereocenters. The van der Waals surface area contributed by atoms with Crippen LogP contribution < -0.4 is 10.6 Å². The normalized spacial score (nSPS) is 18.5. The first kappa shape index (κ1) is 17.1. The second-order valence-corrected chi connectivity index (χ2v) is 7.78. The highest BCUT2D eigenvalue weighted by Gasteiger charge is 2.19. The van der Waals surface area contributed by atoms with E-state index in [1.165, 1.54) is 17.9 Å². The Hall–Kier alpha value is -1.21. The third-order valence-corrected chi connectivity index (χ3v) is 4.64. The van der Waals surface area contributed by atoms with Gasteiger partial charge in [0.15, 0.2) is 0 Å². The van der Waals surface area contributed by atoms with Crippen LogP contribution in [0.25, 0.3) is 0 Å². The molecule has 2 rings (SSSR count). The summed E-state index contributed by atoms with van der Waals surface area (Å²) >= 11 is 2.02. The van der Waals surface area contributed by atoms with E-state index in [9.17, 15) is 4.79 Å². The van der Waals surface area contributed by atoms with Crippen molar-refractivity contribution in [2.24, 2.45) is 13.0 Å². The number of rotatable bonds is 5. The van der Waals surface area contributed by atoms with E-state index in [0.717, 1.165) is 18.0 Å². The standard InChI is InChI=1S/C15H26N4O2S/c1-15(2,3)21-14(20)18-13-12(9-17-19(13)4)8-16-7-11-5-6-22-10-11/h9,11,16H,5-8,10H2,1-4H3,(H,18,20). The van der Waals surface area contributed by atoms with Gasteiger partial charge in [-0.15, -0.1) is 0 Å². The lowest BCUT2D eigenvalue weighted by molar-refractivity contribution is 0.0634. The van der Waals surface area contributed by atoms with Crippen LogP contribution in [0, 0.1) is 5.92 Å². The topological polar surface area (TPSA) is 68.2 Å². The minimum Gasteiger partial charge on any atom is -0.444 e. The summed E-state index contributed by atoms with van der Waals surface area (Å²) in [4.78, 5) is 11.9. The number of aryl methyl sites for hydroxylation is 1. The average Bonchev–Trinajstić information content (AvgIpc) is 3.01. The highest BCUT2D eigenvalue weighted by atomic mass is 32.2. The maximum Gasteiger partial charge on any atom is 0.413 e. The Morgan fingerprint density at radius 2 is 2.32 bits per heavy atom. The number of thioether (sulfide) groups is 1. The van der Waals surface area contributed by atoms with Crippen molar-refractivity contribution in [3.8, 4) is 0 Å². The van der Waals surface area contributed by atoms with E-state index in [0.29, 0.717) is 12.4 Å². The van der Waals surface area contributed by atoms with E-state index in [-0.39, 0.29) is 0 Å². The largest absolute Gasteiger partial charge is 0.444 e. The van der Waals surface area contributed by atoms with Gasteiger partial charge in [-0.3, -0.25) is 10.00 Å². The summed E-state index contributed by atoms with van der Waals surface area (Å²) < 4.78 is 6.95. The first-order chi connectivity index (χ1) is 10.3. The number of carbonyl (C=O) groups excluding carboxylic acids is 1. The van der Waals surface area contributed by atoms with Gasteiger partial charge in [-0.25, -0.2) is 4.79 Å². The van der Waals surface area contributed by atoms with Crippen LogP contribution in [0.2, 0.25) is 0 Å². The first-order valence-electron chi connectivity index (χ1n) is 7.64. The Balaban J connectivity index is 1.88. The molecule has 124 valence electrons. The lowest BCUT2D eigenvalue weighted by atomic mass is 10.1. The molecular weight excluding hydrogens is 300 g/mol. The zero-order valence-corrected chi connectivity index (χ0v) is 14.6. The number of aromatic nitrogens is 2. The molecule has 6 nitrogen and oxygen atoms in total. The molecule has 0 radical (unpaired) electrons. The summed E-state index contributed by atoms with van der Waals surface area (Å²) in [6.45, 7) is 7.24. The predicted octanol–water partition coefficient (Wildman–Crippen LogP) is 2.61. The number of carbonyl (C=O) groups is 1. The van der Waals surface area contributed by atoms with Crippen molar-refractivity contribution in [3.05, 3.63) is 11.8 Å². The Kier molecular flexibility index (Phi) is 5.74. The molecule has 2 heterocycles. The predicted molar refractivity (Wildman–Crippen MR) is 90.2 cm³/mol. The Bertz CT molecular complexity index is 504. The molecule has 22 heavy (non-hydrogen) atoms. The highest BCUT2D eigenvalue weighted by molar-refractivity contribution is 7.99. The second-order valence-electron chi connectivity index (χ2n) is 6.63. The highest BCUT2D eigenvalue weighted by Crippen LogP contribution is 2.23. The van der Waals surface area contributed by atoms with Crippen molar-refractivity contribution < 1.29 is 9.53 Å². The minimum atomic E-state index is -0.513. The summed E-state index contributed by atoms with van der Waals surface area (Å²) in [5.41, 5.74) is 0.459. The lowest BCUT2D eigenvalue weighted by Crippen LogP contribution is -2.28. The van der Waals surface area contributed by atoms with Crippen molar-refractivity contribution in [2.45, 2.75) is 39.3 Å². The smallest absolute Gasteiger partial charge is 0.413 e. The molecule has 1 saturated heterocycles. The van der Waals surface area contributed by atoms with Crippen LogP contribution in [0.15, 0.2) is 6.20 Å². The molecule has 0 saturated carbocycles. The summed E-state index contributed by atoms with van der Waals surface area (Å²) in [5, 5.41) is 10.5. The number of hydrogen-bond donors (Lipinski definition) is 2. The van der Waals surface area contributed by atoms with Crippen molar-refractivity contribution in [2.75, 3.05) is 23.4 Å².